The van der Waals surface area contributed by atoms with E-state index in [0.29, 0.717) is 35.7 Å². The number of nitrogens with one attached hydrogen (secondary N) is 2. The minimum absolute atomic E-state index is 0.162. The number of benzene rings is 3. The van der Waals surface area contributed by atoms with Gasteiger partial charge in [-0.3, -0.25) is 9.52 Å². The van der Waals surface area contributed by atoms with Gasteiger partial charge in [0.2, 0.25) is 0 Å². The summed E-state index contributed by atoms with van der Waals surface area (Å²) < 4.78 is 33.3. The molecule has 8 heteroatoms. The highest BCUT2D eigenvalue weighted by atomic mass is 32.2. The number of ether oxygens (including phenoxy) is 1. The van der Waals surface area contributed by atoms with E-state index in [9.17, 15) is 13.2 Å². The number of nitrogens with zero attached hydrogens (tertiary/aromatic N) is 1. The van der Waals surface area contributed by atoms with Gasteiger partial charge in [-0.15, -0.1) is 0 Å². The fourth-order valence-corrected chi connectivity index (χ4v) is 4.72. The molecule has 1 amide bonds. The van der Waals surface area contributed by atoms with Crippen LogP contribution in [0.3, 0.4) is 0 Å². The SMILES string of the molecule is Cc1c(NS(=O)(=O)c2ccccc2)cccc1C(=O)Nc1ccc(N2CCOCC2)cc1. The zero-order valence-electron chi connectivity index (χ0n) is 17.7. The zero-order valence-corrected chi connectivity index (χ0v) is 18.6. The zero-order chi connectivity index (χ0) is 22.6. The van der Waals surface area contributed by atoms with Crippen molar-refractivity contribution in [2.75, 3.05) is 41.2 Å². The smallest absolute Gasteiger partial charge is 0.261 e. The molecule has 32 heavy (non-hydrogen) atoms. The number of amides is 1. The van der Waals surface area contributed by atoms with E-state index in [-0.39, 0.29) is 10.8 Å². The van der Waals surface area contributed by atoms with Crippen LogP contribution in [0.5, 0.6) is 0 Å². The van der Waals surface area contributed by atoms with Gasteiger partial charge in [-0.2, -0.15) is 0 Å². The molecule has 1 heterocycles. The first-order valence-electron chi connectivity index (χ1n) is 10.4. The highest BCUT2D eigenvalue weighted by Crippen LogP contribution is 2.24. The molecule has 1 aliphatic rings. The largest absolute Gasteiger partial charge is 0.378 e. The predicted molar refractivity (Wildman–Crippen MR) is 126 cm³/mol. The third-order valence-electron chi connectivity index (χ3n) is 5.38. The second-order valence-electron chi connectivity index (χ2n) is 7.50. The third-order valence-corrected chi connectivity index (χ3v) is 6.76. The van der Waals surface area contributed by atoms with Gasteiger partial charge in [0.15, 0.2) is 0 Å². The molecular weight excluding hydrogens is 426 g/mol. The van der Waals surface area contributed by atoms with Crippen LogP contribution in [0.2, 0.25) is 0 Å². The Morgan fingerprint density at radius 3 is 2.28 bits per heavy atom. The van der Waals surface area contributed by atoms with E-state index in [1.807, 2.05) is 24.3 Å². The number of hydrogen-bond acceptors (Lipinski definition) is 5. The lowest BCUT2D eigenvalue weighted by molar-refractivity contribution is 0.102. The number of anilines is 3. The van der Waals surface area contributed by atoms with E-state index in [1.165, 1.54) is 12.1 Å². The van der Waals surface area contributed by atoms with Crippen molar-refractivity contribution >= 4 is 33.0 Å². The van der Waals surface area contributed by atoms with Crippen LogP contribution in [-0.4, -0.2) is 40.6 Å². The van der Waals surface area contributed by atoms with E-state index in [2.05, 4.69) is 14.9 Å². The van der Waals surface area contributed by atoms with Crippen LogP contribution in [0.25, 0.3) is 0 Å². The second-order valence-corrected chi connectivity index (χ2v) is 9.18. The Morgan fingerprint density at radius 2 is 1.59 bits per heavy atom. The van der Waals surface area contributed by atoms with Gasteiger partial charge >= 0.3 is 0 Å². The summed E-state index contributed by atoms with van der Waals surface area (Å²) in [6.45, 7) is 4.83. The molecule has 0 atom stereocenters. The first kappa shape index (κ1) is 21.9. The average Bonchev–Trinajstić information content (AvgIpc) is 2.82. The highest BCUT2D eigenvalue weighted by Gasteiger charge is 2.18. The summed E-state index contributed by atoms with van der Waals surface area (Å²) in [6, 6.07) is 20.8. The fourth-order valence-electron chi connectivity index (χ4n) is 3.57. The summed E-state index contributed by atoms with van der Waals surface area (Å²) in [6.07, 6.45) is 0. The molecule has 0 aliphatic carbocycles. The Kier molecular flexibility index (Phi) is 6.43. The second kappa shape index (κ2) is 9.42. The first-order valence-corrected chi connectivity index (χ1v) is 11.8. The molecule has 0 bridgehead atoms. The van der Waals surface area contributed by atoms with E-state index in [4.69, 9.17) is 4.74 Å². The van der Waals surface area contributed by atoms with Crippen molar-refractivity contribution in [3.05, 3.63) is 83.9 Å². The van der Waals surface area contributed by atoms with Crippen LogP contribution in [-0.2, 0) is 14.8 Å². The van der Waals surface area contributed by atoms with Gasteiger partial charge in [0, 0.05) is 30.0 Å². The molecule has 0 saturated carbocycles. The van der Waals surface area contributed by atoms with Crippen LogP contribution >= 0.6 is 0 Å². The molecule has 0 radical (unpaired) electrons. The topological polar surface area (TPSA) is 87.7 Å². The normalized spacial score (nSPS) is 14.1. The standard InChI is InChI=1S/C24H25N3O4S/c1-18-22(8-5-9-23(18)26-32(29,30)21-6-3-2-4-7-21)24(28)25-19-10-12-20(13-11-19)27-14-16-31-17-15-27/h2-13,26H,14-17H2,1H3,(H,25,28). The highest BCUT2D eigenvalue weighted by molar-refractivity contribution is 7.92. The number of sulfonamides is 1. The lowest BCUT2D eigenvalue weighted by Gasteiger charge is -2.28. The molecule has 3 aromatic carbocycles. The van der Waals surface area contributed by atoms with E-state index in [0.717, 1.165) is 18.8 Å². The minimum atomic E-state index is -3.75. The molecule has 1 aliphatic heterocycles. The summed E-state index contributed by atoms with van der Waals surface area (Å²) in [4.78, 5) is 15.3. The van der Waals surface area contributed by atoms with Gasteiger partial charge in [-0.05, 0) is 61.0 Å². The van der Waals surface area contributed by atoms with Crippen LogP contribution in [0, 0.1) is 6.92 Å². The number of morpholine rings is 1. The fraction of sp³-hybridized carbons (Fsp3) is 0.208. The van der Waals surface area contributed by atoms with Crippen molar-refractivity contribution in [3.63, 3.8) is 0 Å². The molecule has 2 N–H and O–H groups in total. The Morgan fingerprint density at radius 1 is 0.906 bits per heavy atom. The van der Waals surface area contributed by atoms with Crippen molar-refractivity contribution in [1.29, 1.82) is 0 Å². The predicted octanol–water partition coefficient (Wildman–Crippen LogP) is 3.88. The summed E-state index contributed by atoms with van der Waals surface area (Å²) in [5, 5.41) is 2.89. The summed E-state index contributed by atoms with van der Waals surface area (Å²) >= 11 is 0. The summed E-state index contributed by atoms with van der Waals surface area (Å²) in [5.41, 5.74) is 3.07. The number of rotatable bonds is 6. The van der Waals surface area contributed by atoms with E-state index < -0.39 is 10.0 Å². The Balaban J connectivity index is 1.48. The maximum Gasteiger partial charge on any atom is 0.261 e. The van der Waals surface area contributed by atoms with Crippen molar-refractivity contribution in [3.8, 4) is 0 Å². The van der Waals surface area contributed by atoms with Gasteiger partial charge in [0.1, 0.15) is 0 Å². The van der Waals surface area contributed by atoms with Gasteiger partial charge in [0.05, 0.1) is 23.8 Å². The van der Waals surface area contributed by atoms with Gasteiger partial charge < -0.3 is 15.0 Å². The number of hydrogen-bond donors (Lipinski definition) is 2. The average molecular weight is 452 g/mol. The molecule has 0 unspecified atom stereocenters. The van der Waals surface area contributed by atoms with Crippen LogP contribution in [0.4, 0.5) is 17.1 Å². The van der Waals surface area contributed by atoms with Crippen molar-refractivity contribution in [2.45, 2.75) is 11.8 Å². The van der Waals surface area contributed by atoms with E-state index >= 15 is 0 Å². The van der Waals surface area contributed by atoms with Gasteiger partial charge in [-0.25, -0.2) is 8.42 Å². The molecular formula is C24H25N3O4S. The van der Waals surface area contributed by atoms with Crippen LogP contribution < -0.4 is 14.9 Å². The maximum atomic E-state index is 12.9. The molecule has 3 aromatic rings. The van der Waals surface area contributed by atoms with Crippen molar-refractivity contribution < 1.29 is 17.9 Å². The van der Waals surface area contributed by atoms with Crippen molar-refractivity contribution in [1.82, 2.24) is 0 Å². The molecule has 0 aromatic heterocycles. The summed E-state index contributed by atoms with van der Waals surface area (Å²) in [7, 11) is -3.75. The van der Waals surface area contributed by atoms with Gasteiger partial charge in [-0.1, -0.05) is 24.3 Å². The first-order chi connectivity index (χ1) is 15.4. The Hall–Kier alpha value is -3.36. The Labute approximate surface area is 188 Å². The number of carbonyl (C=O) groups is 1. The molecule has 1 fully saturated rings. The molecule has 0 spiro atoms. The number of carbonyl (C=O) groups excluding carboxylic acids is 1. The monoisotopic (exact) mass is 451 g/mol. The van der Waals surface area contributed by atoms with Crippen LogP contribution in [0.15, 0.2) is 77.7 Å². The molecule has 1 saturated heterocycles. The van der Waals surface area contributed by atoms with Gasteiger partial charge in [0.25, 0.3) is 15.9 Å². The lowest BCUT2D eigenvalue weighted by atomic mass is 10.1. The maximum absolute atomic E-state index is 12.9. The van der Waals surface area contributed by atoms with Crippen molar-refractivity contribution in [2.24, 2.45) is 0 Å². The minimum Gasteiger partial charge on any atom is -0.378 e. The third kappa shape index (κ3) is 4.92. The quantitative estimate of drug-likeness (QED) is 0.594. The molecule has 7 nitrogen and oxygen atoms in total. The van der Waals surface area contributed by atoms with Crippen LogP contribution in [0.1, 0.15) is 15.9 Å². The lowest BCUT2D eigenvalue weighted by Crippen LogP contribution is -2.36. The summed E-state index contributed by atoms with van der Waals surface area (Å²) in [5.74, 6) is -0.303. The molecule has 4 rings (SSSR count). The van der Waals surface area contributed by atoms with E-state index in [1.54, 1.807) is 43.3 Å². The molecule has 166 valence electrons. The Bertz CT molecular complexity index is 1190.